The first-order chi connectivity index (χ1) is 9.37. The summed E-state index contributed by atoms with van der Waals surface area (Å²) in [5.41, 5.74) is 0.733. The van der Waals surface area contributed by atoms with Gasteiger partial charge in [0.05, 0.1) is 12.2 Å². The summed E-state index contributed by atoms with van der Waals surface area (Å²) in [5.74, 6) is 0.137. The molecule has 2 rings (SSSR count). The van der Waals surface area contributed by atoms with Crippen LogP contribution in [0, 0.1) is 0 Å². The number of hydrogen-bond acceptors (Lipinski definition) is 4. The number of nitrogens with zero attached hydrogens (tertiary/aromatic N) is 1. The molecule has 0 saturated carbocycles. The monoisotopic (exact) mass is 277 g/mol. The van der Waals surface area contributed by atoms with Crippen molar-refractivity contribution in [1.29, 1.82) is 0 Å². The molecule has 1 N–H and O–H groups in total. The average Bonchev–Trinajstić information content (AvgIpc) is 2.37. The molecule has 1 aromatic rings. The van der Waals surface area contributed by atoms with Gasteiger partial charge in [-0.05, 0) is 32.9 Å². The summed E-state index contributed by atoms with van der Waals surface area (Å²) in [7, 11) is 0. The number of phenols is 1. The summed E-state index contributed by atoms with van der Waals surface area (Å²) < 4.78 is 10.7. The molecule has 1 heterocycles. The third kappa shape index (κ3) is 3.44. The van der Waals surface area contributed by atoms with Crippen molar-refractivity contribution in [2.45, 2.75) is 26.4 Å². The van der Waals surface area contributed by atoms with Gasteiger partial charge < -0.3 is 14.6 Å². The average molecular weight is 277 g/mol. The zero-order valence-corrected chi connectivity index (χ0v) is 11.9. The van der Waals surface area contributed by atoms with Crippen LogP contribution >= 0.6 is 0 Å². The standard InChI is InChI=1S/C15H19NO4/c1-15(2,3)20-14(18)16-7-8-19-10-13(16)11-5-4-6-12(17)9-11/h4-6,9-10,17H,7-8H2,1-3H3. The van der Waals surface area contributed by atoms with E-state index in [0.29, 0.717) is 24.4 Å². The van der Waals surface area contributed by atoms with Gasteiger partial charge in [0.15, 0.2) is 0 Å². The maximum atomic E-state index is 12.2. The smallest absolute Gasteiger partial charge is 0.415 e. The Kier molecular flexibility index (Phi) is 3.88. The third-order valence-corrected chi connectivity index (χ3v) is 2.67. The van der Waals surface area contributed by atoms with Gasteiger partial charge in [0, 0.05) is 5.56 Å². The molecule has 0 unspecified atom stereocenters. The summed E-state index contributed by atoms with van der Waals surface area (Å²) in [4.78, 5) is 13.7. The Balaban J connectivity index is 2.26. The molecule has 0 spiro atoms. The number of amides is 1. The third-order valence-electron chi connectivity index (χ3n) is 2.67. The summed E-state index contributed by atoms with van der Waals surface area (Å²) in [6, 6.07) is 6.68. The normalized spacial score (nSPS) is 15.3. The van der Waals surface area contributed by atoms with Crippen LogP contribution in [0.1, 0.15) is 26.3 Å². The van der Waals surface area contributed by atoms with Crippen LogP contribution in [0.3, 0.4) is 0 Å². The van der Waals surface area contributed by atoms with Gasteiger partial charge in [-0.15, -0.1) is 0 Å². The van der Waals surface area contributed by atoms with E-state index < -0.39 is 11.7 Å². The largest absolute Gasteiger partial charge is 0.508 e. The van der Waals surface area contributed by atoms with Gasteiger partial charge in [0.1, 0.15) is 24.2 Å². The van der Waals surface area contributed by atoms with Gasteiger partial charge in [0.25, 0.3) is 0 Å². The van der Waals surface area contributed by atoms with Gasteiger partial charge in [0.2, 0.25) is 0 Å². The van der Waals surface area contributed by atoms with Crippen LogP contribution in [0.2, 0.25) is 0 Å². The molecule has 0 aliphatic carbocycles. The van der Waals surface area contributed by atoms with Crippen LogP contribution in [0.4, 0.5) is 4.79 Å². The number of carbonyl (C=O) groups excluding carboxylic acids is 1. The number of benzene rings is 1. The lowest BCUT2D eigenvalue weighted by atomic mass is 10.1. The van der Waals surface area contributed by atoms with Gasteiger partial charge >= 0.3 is 6.09 Å². The molecule has 0 bridgehead atoms. The van der Waals surface area contributed by atoms with Gasteiger partial charge in [-0.3, -0.25) is 4.90 Å². The molecule has 1 aromatic carbocycles. The van der Waals surface area contributed by atoms with E-state index in [0.717, 1.165) is 0 Å². The number of aromatic hydroxyl groups is 1. The first kappa shape index (κ1) is 14.2. The van der Waals surface area contributed by atoms with E-state index in [4.69, 9.17) is 9.47 Å². The Morgan fingerprint density at radius 1 is 1.40 bits per heavy atom. The van der Waals surface area contributed by atoms with E-state index in [9.17, 15) is 9.90 Å². The molecule has 0 fully saturated rings. The molecule has 1 amide bonds. The summed E-state index contributed by atoms with van der Waals surface area (Å²) >= 11 is 0. The van der Waals surface area contributed by atoms with Gasteiger partial charge in [-0.25, -0.2) is 4.79 Å². The molecule has 108 valence electrons. The molecular weight excluding hydrogens is 258 g/mol. The zero-order chi connectivity index (χ0) is 14.8. The molecule has 1 aliphatic rings. The van der Waals surface area contributed by atoms with Crippen molar-refractivity contribution in [3.63, 3.8) is 0 Å². The van der Waals surface area contributed by atoms with Gasteiger partial charge in [-0.1, -0.05) is 12.1 Å². The molecule has 20 heavy (non-hydrogen) atoms. The van der Waals surface area contributed by atoms with Crippen LogP contribution in [-0.4, -0.2) is 34.9 Å². The SMILES string of the molecule is CC(C)(C)OC(=O)N1CCOC=C1c1cccc(O)c1. The highest BCUT2D eigenvalue weighted by atomic mass is 16.6. The molecule has 0 atom stereocenters. The fourth-order valence-electron chi connectivity index (χ4n) is 1.86. The predicted octanol–water partition coefficient (Wildman–Crippen LogP) is 2.96. The Labute approximate surface area is 118 Å². The minimum atomic E-state index is -0.556. The Hall–Kier alpha value is -2.17. The van der Waals surface area contributed by atoms with E-state index in [2.05, 4.69) is 0 Å². The van der Waals surface area contributed by atoms with E-state index in [1.165, 1.54) is 11.2 Å². The molecule has 5 heteroatoms. The summed E-state index contributed by atoms with van der Waals surface area (Å²) in [5, 5.41) is 9.55. The lowest BCUT2D eigenvalue weighted by Gasteiger charge is -2.31. The lowest BCUT2D eigenvalue weighted by Crippen LogP contribution is -2.39. The number of rotatable bonds is 1. The highest BCUT2D eigenvalue weighted by Crippen LogP contribution is 2.26. The quantitative estimate of drug-likeness (QED) is 0.857. The number of phenolic OH excluding ortho intramolecular Hbond substituents is 1. The Morgan fingerprint density at radius 3 is 2.80 bits per heavy atom. The highest BCUT2D eigenvalue weighted by Gasteiger charge is 2.27. The van der Waals surface area contributed by atoms with E-state index in [1.54, 1.807) is 24.3 Å². The second kappa shape index (κ2) is 5.45. The van der Waals surface area contributed by atoms with Crippen LogP contribution < -0.4 is 0 Å². The molecule has 0 radical (unpaired) electrons. The second-order valence-corrected chi connectivity index (χ2v) is 5.56. The Bertz CT molecular complexity index is 531. The minimum Gasteiger partial charge on any atom is -0.508 e. The molecule has 1 aliphatic heterocycles. The van der Waals surface area contributed by atoms with Crippen molar-refractivity contribution in [1.82, 2.24) is 4.90 Å². The number of carbonyl (C=O) groups is 1. The summed E-state index contributed by atoms with van der Waals surface area (Å²) in [6.07, 6.45) is 1.10. The summed E-state index contributed by atoms with van der Waals surface area (Å²) in [6.45, 7) is 6.30. The first-order valence-electron chi connectivity index (χ1n) is 6.48. The minimum absolute atomic E-state index is 0.137. The molecular formula is C15H19NO4. The fraction of sp³-hybridized carbons (Fsp3) is 0.400. The number of ether oxygens (including phenoxy) is 2. The van der Waals surface area contributed by atoms with Crippen LogP contribution in [0.25, 0.3) is 5.70 Å². The van der Waals surface area contributed by atoms with E-state index in [-0.39, 0.29) is 5.75 Å². The topological polar surface area (TPSA) is 59.0 Å². The Morgan fingerprint density at radius 2 is 2.15 bits per heavy atom. The van der Waals surface area contributed by atoms with Crippen molar-refractivity contribution in [3.8, 4) is 5.75 Å². The van der Waals surface area contributed by atoms with Crippen LogP contribution in [0.5, 0.6) is 5.75 Å². The van der Waals surface area contributed by atoms with E-state index >= 15 is 0 Å². The fourth-order valence-corrected chi connectivity index (χ4v) is 1.86. The van der Waals surface area contributed by atoms with Crippen molar-refractivity contribution in [2.24, 2.45) is 0 Å². The molecule has 0 aromatic heterocycles. The number of hydrogen-bond donors (Lipinski definition) is 1. The predicted molar refractivity (Wildman–Crippen MR) is 75.0 cm³/mol. The van der Waals surface area contributed by atoms with Gasteiger partial charge in [-0.2, -0.15) is 0 Å². The molecule has 5 nitrogen and oxygen atoms in total. The maximum Gasteiger partial charge on any atom is 0.415 e. The maximum absolute atomic E-state index is 12.2. The van der Waals surface area contributed by atoms with E-state index in [1.807, 2.05) is 20.8 Å². The second-order valence-electron chi connectivity index (χ2n) is 5.56. The zero-order valence-electron chi connectivity index (χ0n) is 11.9. The van der Waals surface area contributed by atoms with Crippen molar-refractivity contribution >= 4 is 11.8 Å². The highest BCUT2D eigenvalue weighted by molar-refractivity contribution is 5.82. The van der Waals surface area contributed by atoms with Crippen molar-refractivity contribution < 1.29 is 19.4 Å². The molecule has 0 saturated heterocycles. The van der Waals surface area contributed by atoms with Crippen LogP contribution in [0.15, 0.2) is 30.5 Å². The van der Waals surface area contributed by atoms with Crippen molar-refractivity contribution in [2.75, 3.05) is 13.2 Å². The lowest BCUT2D eigenvalue weighted by molar-refractivity contribution is 0.0296. The van der Waals surface area contributed by atoms with Crippen molar-refractivity contribution in [3.05, 3.63) is 36.1 Å². The van der Waals surface area contributed by atoms with Crippen LogP contribution in [-0.2, 0) is 9.47 Å². The first-order valence-corrected chi connectivity index (χ1v) is 6.48.